The molecule has 0 aromatic heterocycles. The van der Waals surface area contributed by atoms with Crippen LogP contribution in [-0.2, 0) is 4.74 Å². The third kappa shape index (κ3) is 4.74. The molecule has 0 amide bonds. The molecular weight excluding hydrogens is 262 g/mol. The highest BCUT2D eigenvalue weighted by Gasteiger charge is 2.41. The van der Waals surface area contributed by atoms with Gasteiger partial charge in [0.15, 0.2) is 5.96 Å². The molecule has 0 saturated heterocycles. The number of aryl methyl sites for hydroxylation is 2. The van der Waals surface area contributed by atoms with Crippen molar-refractivity contribution in [3.8, 4) is 0 Å². The van der Waals surface area contributed by atoms with Gasteiger partial charge in [-0.2, -0.15) is 0 Å². The van der Waals surface area contributed by atoms with E-state index in [4.69, 9.17) is 10.5 Å². The number of guanidine groups is 1. The summed E-state index contributed by atoms with van der Waals surface area (Å²) in [6.07, 6.45) is 3.56. The van der Waals surface area contributed by atoms with E-state index in [2.05, 4.69) is 36.3 Å². The summed E-state index contributed by atoms with van der Waals surface area (Å²) in [4.78, 5) is 4.51. The second kappa shape index (κ2) is 6.94. The van der Waals surface area contributed by atoms with Crippen molar-refractivity contribution in [2.45, 2.75) is 40.0 Å². The third-order valence-electron chi connectivity index (χ3n) is 4.30. The van der Waals surface area contributed by atoms with Crippen LogP contribution in [0.2, 0.25) is 0 Å². The summed E-state index contributed by atoms with van der Waals surface area (Å²) in [5.41, 5.74) is 9.86. The van der Waals surface area contributed by atoms with Crippen LogP contribution in [0.15, 0.2) is 23.2 Å². The van der Waals surface area contributed by atoms with Crippen LogP contribution in [0.1, 0.15) is 37.3 Å². The standard InChI is InChI=1S/C17H27N3O/c1-4-21-10-9-17(7-8-17)12-19-16(18)20-15-6-5-13(2)14(3)11-15/h5-6,11H,4,7-10,12H2,1-3H3,(H3,18,19,20). The van der Waals surface area contributed by atoms with E-state index >= 15 is 0 Å². The van der Waals surface area contributed by atoms with Gasteiger partial charge in [-0.05, 0) is 68.7 Å². The first-order valence-electron chi connectivity index (χ1n) is 7.77. The number of rotatable bonds is 7. The number of hydrogen-bond acceptors (Lipinski definition) is 2. The lowest BCUT2D eigenvalue weighted by Crippen LogP contribution is -2.24. The predicted molar refractivity (Wildman–Crippen MR) is 88.8 cm³/mol. The Morgan fingerprint density at radius 1 is 1.33 bits per heavy atom. The summed E-state index contributed by atoms with van der Waals surface area (Å²) in [5, 5.41) is 3.17. The number of anilines is 1. The maximum Gasteiger partial charge on any atom is 0.193 e. The molecule has 1 saturated carbocycles. The number of nitrogens with zero attached hydrogens (tertiary/aromatic N) is 1. The number of aliphatic imine (C=N–C) groups is 1. The molecule has 0 heterocycles. The first kappa shape index (κ1) is 15.8. The molecule has 1 aliphatic carbocycles. The van der Waals surface area contributed by atoms with Crippen LogP contribution in [0.5, 0.6) is 0 Å². The van der Waals surface area contributed by atoms with Crippen molar-refractivity contribution in [2.24, 2.45) is 16.1 Å². The fourth-order valence-corrected chi connectivity index (χ4v) is 2.36. The first-order chi connectivity index (χ1) is 10.0. The lowest BCUT2D eigenvalue weighted by Gasteiger charge is -2.13. The van der Waals surface area contributed by atoms with Gasteiger partial charge in [-0.3, -0.25) is 4.99 Å². The maximum absolute atomic E-state index is 5.99. The van der Waals surface area contributed by atoms with Crippen LogP contribution in [0, 0.1) is 19.3 Å². The highest BCUT2D eigenvalue weighted by Crippen LogP contribution is 2.48. The van der Waals surface area contributed by atoms with E-state index in [1.54, 1.807) is 0 Å². The molecule has 4 heteroatoms. The van der Waals surface area contributed by atoms with Gasteiger partial charge in [0.1, 0.15) is 0 Å². The lowest BCUT2D eigenvalue weighted by molar-refractivity contribution is 0.129. The van der Waals surface area contributed by atoms with Gasteiger partial charge in [-0.25, -0.2) is 0 Å². The van der Waals surface area contributed by atoms with E-state index in [1.807, 2.05) is 13.0 Å². The van der Waals surface area contributed by atoms with Crippen molar-refractivity contribution < 1.29 is 4.74 Å². The number of benzene rings is 1. The molecular formula is C17H27N3O. The minimum absolute atomic E-state index is 0.338. The van der Waals surface area contributed by atoms with Gasteiger partial charge < -0.3 is 15.8 Å². The number of nitrogens with two attached hydrogens (primary N) is 1. The van der Waals surface area contributed by atoms with E-state index < -0.39 is 0 Å². The van der Waals surface area contributed by atoms with Crippen LogP contribution in [0.4, 0.5) is 5.69 Å². The van der Waals surface area contributed by atoms with Gasteiger partial charge in [0, 0.05) is 25.4 Å². The van der Waals surface area contributed by atoms with Gasteiger partial charge in [-0.1, -0.05) is 6.07 Å². The minimum atomic E-state index is 0.338. The maximum atomic E-state index is 5.99. The molecule has 0 radical (unpaired) electrons. The highest BCUT2D eigenvalue weighted by atomic mass is 16.5. The predicted octanol–water partition coefficient (Wildman–Crippen LogP) is 3.24. The Hall–Kier alpha value is -1.55. The average Bonchev–Trinajstić information content (AvgIpc) is 3.22. The van der Waals surface area contributed by atoms with Gasteiger partial charge in [0.05, 0.1) is 0 Å². The highest BCUT2D eigenvalue weighted by molar-refractivity contribution is 5.92. The molecule has 3 N–H and O–H groups in total. The van der Waals surface area contributed by atoms with Crippen LogP contribution in [0.3, 0.4) is 0 Å². The Morgan fingerprint density at radius 3 is 2.71 bits per heavy atom. The molecule has 0 bridgehead atoms. The molecule has 21 heavy (non-hydrogen) atoms. The van der Waals surface area contributed by atoms with Gasteiger partial charge in [-0.15, -0.1) is 0 Å². The summed E-state index contributed by atoms with van der Waals surface area (Å²) in [6.45, 7) is 8.64. The fraction of sp³-hybridized carbons (Fsp3) is 0.588. The van der Waals surface area contributed by atoms with Crippen molar-refractivity contribution in [3.63, 3.8) is 0 Å². The molecule has 0 unspecified atom stereocenters. The minimum Gasteiger partial charge on any atom is -0.382 e. The normalized spacial score (nSPS) is 16.8. The summed E-state index contributed by atoms with van der Waals surface area (Å²) in [6, 6.07) is 6.22. The summed E-state index contributed by atoms with van der Waals surface area (Å²) in [5.74, 6) is 0.501. The third-order valence-corrected chi connectivity index (χ3v) is 4.30. The monoisotopic (exact) mass is 289 g/mol. The second-order valence-electron chi connectivity index (χ2n) is 6.07. The Balaban J connectivity index is 1.85. The SMILES string of the molecule is CCOCCC1(CN=C(N)Nc2ccc(C)c(C)c2)CC1. The summed E-state index contributed by atoms with van der Waals surface area (Å²) < 4.78 is 5.44. The number of nitrogens with one attached hydrogen (secondary N) is 1. The number of hydrogen-bond donors (Lipinski definition) is 2. The van der Waals surface area contributed by atoms with Crippen LogP contribution < -0.4 is 11.1 Å². The average molecular weight is 289 g/mol. The van der Waals surface area contributed by atoms with Crippen LogP contribution >= 0.6 is 0 Å². The Bertz CT molecular complexity index is 507. The largest absolute Gasteiger partial charge is 0.382 e. The zero-order valence-electron chi connectivity index (χ0n) is 13.4. The lowest BCUT2D eigenvalue weighted by atomic mass is 10.0. The summed E-state index contributed by atoms with van der Waals surface area (Å²) in [7, 11) is 0. The smallest absolute Gasteiger partial charge is 0.193 e. The van der Waals surface area contributed by atoms with E-state index in [9.17, 15) is 0 Å². The van der Waals surface area contributed by atoms with Crippen molar-refractivity contribution in [3.05, 3.63) is 29.3 Å². The van der Waals surface area contributed by atoms with E-state index in [0.717, 1.165) is 31.9 Å². The number of ether oxygens (including phenoxy) is 1. The molecule has 0 atom stereocenters. The van der Waals surface area contributed by atoms with Gasteiger partial charge >= 0.3 is 0 Å². The second-order valence-corrected chi connectivity index (χ2v) is 6.07. The fourth-order valence-electron chi connectivity index (χ4n) is 2.36. The Labute approximate surface area is 127 Å². The molecule has 1 aliphatic rings. The molecule has 116 valence electrons. The molecule has 1 aromatic rings. The van der Waals surface area contributed by atoms with Crippen molar-refractivity contribution in [1.82, 2.24) is 0 Å². The van der Waals surface area contributed by atoms with Gasteiger partial charge in [0.2, 0.25) is 0 Å². The molecule has 1 fully saturated rings. The van der Waals surface area contributed by atoms with Crippen molar-refractivity contribution in [2.75, 3.05) is 25.1 Å². The Kier molecular flexibility index (Phi) is 5.23. The summed E-state index contributed by atoms with van der Waals surface area (Å²) >= 11 is 0. The van der Waals surface area contributed by atoms with Gasteiger partial charge in [0.25, 0.3) is 0 Å². The molecule has 1 aromatic carbocycles. The zero-order chi connectivity index (χ0) is 15.3. The van der Waals surface area contributed by atoms with Crippen molar-refractivity contribution in [1.29, 1.82) is 0 Å². The van der Waals surface area contributed by atoms with Crippen LogP contribution in [-0.4, -0.2) is 25.7 Å². The molecule has 0 spiro atoms. The molecule has 0 aliphatic heterocycles. The quantitative estimate of drug-likeness (QED) is 0.460. The topological polar surface area (TPSA) is 59.6 Å². The van der Waals surface area contributed by atoms with E-state index in [0.29, 0.717) is 11.4 Å². The molecule has 2 rings (SSSR count). The van der Waals surface area contributed by atoms with E-state index in [1.165, 1.54) is 24.0 Å². The molecule has 4 nitrogen and oxygen atoms in total. The van der Waals surface area contributed by atoms with E-state index in [-0.39, 0.29) is 0 Å². The Morgan fingerprint density at radius 2 is 2.10 bits per heavy atom. The van der Waals surface area contributed by atoms with Crippen molar-refractivity contribution >= 4 is 11.6 Å². The zero-order valence-corrected chi connectivity index (χ0v) is 13.4. The first-order valence-corrected chi connectivity index (χ1v) is 7.77. The van der Waals surface area contributed by atoms with Crippen LogP contribution in [0.25, 0.3) is 0 Å².